The summed E-state index contributed by atoms with van der Waals surface area (Å²) in [5.74, 6) is 1.95. The minimum absolute atomic E-state index is 0.0812. The molecule has 0 bridgehead atoms. The van der Waals surface area contributed by atoms with Crippen molar-refractivity contribution in [2.24, 2.45) is 4.99 Å². The molecular formula is C19H27FN4O2. The van der Waals surface area contributed by atoms with Gasteiger partial charge in [-0.3, -0.25) is 4.99 Å². The third kappa shape index (κ3) is 4.97. The maximum absolute atomic E-state index is 13.8. The molecule has 0 amide bonds. The van der Waals surface area contributed by atoms with Gasteiger partial charge in [0.15, 0.2) is 17.5 Å². The van der Waals surface area contributed by atoms with E-state index >= 15 is 0 Å². The zero-order valence-electron chi connectivity index (χ0n) is 16.3. The van der Waals surface area contributed by atoms with Crippen molar-refractivity contribution in [3.8, 4) is 5.75 Å². The van der Waals surface area contributed by atoms with Crippen molar-refractivity contribution < 1.29 is 13.5 Å². The van der Waals surface area contributed by atoms with E-state index in [0.717, 1.165) is 11.3 Å². The van der Waals surface area contributed by atoms with E-state index in [-0.39, 0.29) is 17.0 Å². The molecule has 1 aromatic carbocycles. The highest BCUT2D eigenvalue weighted by molar-refractivity contribution is 5.79. The first-order chi connectivity index (χ1) is 12.2. The second kappa shape index (κ2) is 8.21. The second-order valence-corrected chi connectivity index (χ2v) is 7.09. The van der Waals surface area contributed by atoms with Gasteiger partial charge >= 0.3 is 0 Å². The molecular weight excluding hydrogens is 335 g/mol. The number of rotatable bonds is 5. The first-order valence-corrected chi connectivity index (χ1v) is 8.44. The molecule has 26 heavy (non-hydrogen) atoms. The van der Waals surface area contributed by atoms with Gasteiger partial charge in [-0.25, -0.2) is 9.37 Å². The van der Waals surface area contributed by atoms with Crippen molar-refractivity contribution in [1.29, 1.82) is 0 Å². The Kier molecular flexibility index (Phi) is 6.23. The number of hydrogen-bond acceptors (Lipinski definition) is 4. The predicted octanol–water partition coefficient (Wildman–Crippen LogP) is 3.33. The van der Waals surface area contributed by atoms with Crippen molar-refractivity contribution in [1.82, 2.24) is 15.2 Å². The van der Waals surface area contributed by atoms with E-state index in [1.807, 2.05) is 18.0 Å². The molecule has 6 nitrogen and oxygen atoms in total. The Labute approximate surface area is 154 Å². The van der Waals surface area contributed by atoms with Crippen LogP contribution in [0.15, 0.2) is 33.8 Å². The Balaban J connectivity index is 1.97. The standard InChI is InChI=1S/C19H27FN4O2/c1-19(2,3)16-10-22-17(26-16)11-23-18(21-4)24(5)12-13-7-8-15(25-6)14(20)9-13/h7-10H,11-12H2,1-6H3,(H,21,23). The molecule has 0 aliphatic rings. The number of benzene rings is 1. The van der Waals surface area contributed by atoms with E-state index in [4.69, 9.17) is 9.15 Å². The number of nitrogens with one attached hydrogen (secondary N) is 1. The summed E-state index contributed by atoms with van der Waals surface area (Å²) in [7, 11) is 5.03. The zero-order chi connectivity index (χ0) is 19.3. The van der Waals surface area contributed by atoms with Gasteiger partial charge in [-0.1, -0.05) is 26.8 Å². The summed E-state index contributed by atoms with van der Waals surface area (Å²) in [6.45, 7) is 7.14. The van der Waals surface area contributed by atoms with Gasteiger partial charge in [0, 0.05) is 26.1 Å². The Hall–Kier alpha value is -2.57. The van der Waals surface area contributed by atoms with Gasteiger partial charge < -0.3 is 19.4 Å². The van der Waals surface area contributed by atoms with E-state index in [1.54, 1.807) is 19.3 Å². The smallest absolute Gasteiger partial charge is 0.213 e. The summed E-state index contributed by atoms with van der Waals surface area (Å²) in [6, 6.07) is 4.91. The molecule has 0 saturated carbocycles. The molecule has 1 N–H and O–H groups in total. The lowest BCUT2D eigenvalue weighted by Gasteiger charge is -2.22. The van der Waals surface area contributed by atoms with E-state index < -0.39 is 0 Å². The molecule has 1 heterocycles. The second-order valence-electron chi connectivity index (χ2n) is 7.09. The van der Waals surface area contributed by atoms with E-state index in [1.165, 1.54) is 13.2 Å². The van der Waals surface area contributed by atoms with Crippen LogP contribution >= 0.6 is 0 Å². The minimum Gasteiger partial charge on any atom is -0.494 e. The fraction of sp³-hybridized carbons (Fsp3) is 0.474. The van der Waals surface area contributed by atoms with Crippen LogP contribution in [0.5, 0.6) is 5.75 Å². The van der Waals surface area contributed by atoms with Crippen LogP contribution in [-0.2, 0) is 18.5 Å². The zero-order valence-corrected chi connectivity index (χ0v) is 16.3. The summed E-state index contributed by atoms with van der Waals surface area (Å²) in [4.78, 5) is 10.4. The van der Waals surface area contributed by atoms with Gasteiger partial charge in [0.05, 0.1) is 19.9 Å². The average molecular weight is 362 g/mol. The quantitative estimate of drug-likeness (QED) is 0.653. The van der Waals surface area contributed by atoms with Crippen LogP contribution in [0.3, 0.4) is 0 Å². The Morgan fingerprint density at radius 1 is 1.38 bits per heavy atom. The van der Waals surface area contributed by atoms with Crippen molar-refractivity contribution >= 4 is 5.96 Å². The third-order valence-corrected chi connectivity index (χ3v) is 3.90. The maximum atomic E-state index is 13.8. The van der Waals surface area contributed by atoms with Gasteiger partial charge in [-0.2, -0.15) is 0 Å². The highest BCUT2D eigenvalue weighted by atomic mass is 19.1. The Morgan fingerprint density at radius 3 is 2.65 bits per heavy atom. The number of methoxy groups -OCH3 is 1. The molecule has 0 fully saturated rings. The Bertz CT molecular complexity index is 765. The molecule has 0 aliphatic carbocycles. The summed E-state index contributed by atoms with van der Waals surface area (Å²) < 4.78 is 24.6. The van der Waals surface area contributed by atoms with Crippen LogP contribution in [0.1, 0.15) is 38.0 Å². The summed E-state index contributed by atoms with van der Waals surface area (Å²) in [5.41, 5.74) is 0.738. The number of hydrogen-bond donors (Lipinski definition) is 1. The van der Waals surface area contributed by atoms with Crippen molar-refractivity contribution in [3.05, 3.63) is 47.4 Å². The topological polar surface area (TPSA) is 62.9 Å². The van der Waals surface area contributed by atoms with Crippen LogP contribution in [0.2, 0.25) is 0 Å². The third-order valence-electron chi connectivity index (χ3n) is 3.90. The van der Waals surface area contributed by atoms with Gasteiger partial charge in [0.2, 0.25) is 5.89 Å². The number of ether oxygens (including phenoxy) is 1. The maximum Gasteiger partial charge on any atom is 0.213 e. The molecule has 0 saturated heterocycles. The average Bonchev–Trinajstić information content (AvgIpc) is 3.05. The highest BCUT2D eigenvalue weighted by Crippen LogP contribution is 2.22. The van der Waals surface area contributed by atoms with E-state index in [9.17, 15) is 4.39 Å². The Morgan fingerprint density at radius 2 is 2.12 bits per heavy atom. The number of aromatic nitrogens is 1. The van der Waals surface area contributed by atoms with E-state index in [2.05, 4.69) is 36.1 Å². The van der Waals surface area contributed by atoms with Crippen molar-refractivity contribution in [2.45, 2.75) is 39.3 Å². The number of guanidine groups is 1. The first-order valence-electron chi connectivity index (χ1n) is 8.44. The molecule has 1 aromatic heterocycles. The van der Waals surface area contributed by atoms with Crippen LogP contribution < -0.4 is 10.1 Å². The van der Waals surface area contributed by atoms with Crippen LogP contribution in [0, 0.1) is 5.82 Å². The van der Waals surface area contributed by atoms with Crippen LogP contribution in [-0.4, -0.2) is 37.0 Å². The van der Waals surface area contributed by atoms with Gasteiger partial charge in [0.1, 0.15) is 5.76 Å². The van der Waals surface area contributed by atoms with Crippen molar-refractivity contribution in [2.75, 3.05) is 21.2 Å². The lowest BCUT2D eigenvalue weighted by Crippen LogP contribution is -2.38. The lowest BCUT2D eigenvalue weighted by molar-refractivity contribution is 0.376. The molecule has 2 rings (SSSR count). The predicted molar refractivity (Wildman–Crippen MR) is 99.8 cm³/mol. The number of halogens is 1. The van der Waals surface area contributed by atoms with E-state index in [0.29, 0.717) is 24.9 Å². The monoisotopic (exact) mass is 362 g/mol. The molecule has 0 radical (unpaired) electrons. The molecule has 2 aromatic rings. The first kappa shape index (κ1) is 19.8. The molecule has 0 spiro atoms. The lowest BCUT2D eigenvalue weighted by atomic mass is 9.94. The summed E-state index contributed by atoms with van der Waals surface area (Å²) in [5, 5.41) is 3.21. The van der Waals surface area contributed by atoms with Crippen LogP contribution in [0.4, 0.5) is 4.39 Å². The molecule has 142 valence electrons. The number of nitrogens with zero attached hydrogens (tertiary/aromatic N) is 3. The number of oxazole rings is 1. The van der Waals surface area contributed by atoms with Crippen LogP contribution in [0.25, 0.3) is 0 Å². The normalized spacial score (nSPS) is 12.2. The van der Waals surface area contributed by atoms with Crippen molar-refractivity contribution in [3.63, 3.8) is 0 Å². The van der Waals surface area contributed by atoms with Gasteiger partial charge in [0.25, 0.3) is 0 Å². The highest BCUT2D eigenvalue weighted by Gasteiger charge is 2.19. The minimum atomic E-state index is -0.379. The van der Waals surface area contributed by atoms with Gasteiger partial charge in [-0.15, -0.1) is 0 Å². The summed E-state index contributed by atoms with van der Waals surface area (Å²) in [6.07, 6.45) is 1.75. The molecule has 0 aliphatic heterocycles. The molecule has 0 unspecified atom stereocenters. The molecule has 0 atom stereocenters. The fourth-order valence-corrected chi connectivity index (χ4v) is 2.44. The number of aliphatic imine (C=N–C) groups is 1. The summed E-state index contributed by atoms with van der Waals surface area (Å²) >= 11 is 0. The fourth-order valence-electron chi connectivity index (χ4n) is 2.44. The largest absolute Gasteiger partial charge is 0.494 e. The van der Waals surface area contributed by atoms with Gasteiger partial charge in [-0.05, 0) is 17.7 Å². The molecule has 7 heteroatoms. The SMILES string of the molecule is CN=C(NCc1ncc(C(C)(C)C)o1)N(C)Cc1ccc(OC)c(F)c1.